The second kappa shape index (κ2) is 10.1. The maximum Gasteiger partial charge on any atom is 0.306 e. The Hall–Kier alpha value is -1.97. The van der Waals surface area contributed by atoms with Crippen LogP contribution in [0.3, 0.4) is 0 Å². The Morgan fingerprint density at radius 1 is 1.12 bits per heavy atom. The molecule has 1 aromatic carbocycles. The maximum atomic E-state index is 11.9. The Bertz CT molecular complexity index is 580. The van der Waals surface area contributed by atoms with Gasteiger partial charge < -0.3 is 4.74 Å². The van der Waals surface area contributed by atoms with Crippen LogP contribution in [-0.2, 0) is 16.0 Å². The highest BCUT2D eigenvalue weighted by Gasteiger charge is 2.24. The standard InChI is InChI=1S/C21H26F2O2/c1-2-3-5-16-8-10-17(11-9-16)18-12-14-19(15-13-18)25-21(24)7-4-6-20(22)23/h2,6,8-11,18-19H,1,3-5,7,12-15H2. The van der Waals surface area contributed by atoms with Crippen LogP contribution < -0.4 is 0 Å². The number of hydrogen-bond acceptors (Lipinski definition) is 2. The lowest BCUT2D eigenvalue weighted by Crippen LogP contribution is -2.23. The first-order valence-corrected chi connectivity index (χ1v) is 8.99. The molecule has 0 amide bonds. The summed E-state index contributed by atoms with van der Waals surface area (Å²) >= 11 is 0. The number of hydrogen-bond donors (Lipinski definition) is 0. The molecule has 1 fully saturated rings. The maximum absolute atomic E-state index is 11.9. The van der Waals surface area contributed by atoms with E-state index in [1.807, 2.05) is 6.08 Å². The first kappa shape index (κ1) is 19.4. The fourth-order valence-electron chi connectivity index (χ4n) is 3.28. The number of esters is 1. The van der Waals surface area contributed by atoms with Crippen molar-refractivity contribution >= 4 is 5.97 Å². The number of ether oxygens (including phenoxy) is 1. The molecule has 0 spiro atoms. The van der Waals surface area contributed by atoms with E-state index in [1.165, 1.54) is 11.1 Å². The van der Waals surface area contributed by atoms with E-state index in [4.69, 9.17) is 4.74 Å². The molecular formula is C21H26F2O2. The lowest BCUT2D eigenvalue weighted by atomic mass is 9.82. The molecule has 0 saturated heterocycles. The zero-order valence-electron chi connectivity index (χ0n) is 14.6. The number of aryl methyl sites for hydroxylation is 1. The van der Waals surface area contributed by atoms with Gasteiger partial charge in [-0.05, 0) is 68.1 Å². The van der Waals surface area contributed by atoms with Crippen molar-refractivity contribution in [3.05, 3.63) is 60.2 Å². The third-order valence-corrected chi connectivity index (χ3v) is 4.71. The van der Waals surface area contributed by atoms with Crippen molar-refractivity contribution in [2.75, 3.05) is 0 Å². The molecule has 1 aliphatic carbocycles. The van der Waals surface area contributed by atoms with E-state index in [1.54, 1.807) is 0 Å². The number of benzene rings is 1. The molecule has 0 unspecified atom stereocenters. The second-order valence-electron chi connectivity index (χ2n) is 6.56. The Morgan fingerprint density at radius 3 is 2.40 bits per heavy atom. The molecular weight excluding hydrogens is 322 g/mol. The van der Waals surface area contributed by atoms with Crippen LogP contribution >= 0.6 is 0 Å². The molecule has 0 atom stereocenters. The minimum atomic E-state index is -1.75. The van der Waals surface area contributed by atoms with Crippen molar-refractivity contribution in [1.29, 1.82) is 0 Å². The number of halogens is 2. The van der Waals surface area contributed by atoms with Crippen molar-refractivity contribution in [2.45, 2.75) is 63.4 Å². The van der Waals surface area contributed by atoms with Crippen molar-refractivity contribution < 1.29 is 18.3 Å². The predicted molar refractivity (Wildman–Crippen MR) is 95.6 cm³/mol. The molecule has 2 nitrogen and oxygen atoms in total. The van der Waals surface area contributed by atoms with E-state index in [0.29, 0.717) is 5.92 Å². The van der Waals surface area contributed by atoms with E-state index >= 15 is 0 Å². The quantitative estimate of drug-likeness (QED) is 0.429. The summed E-state index contributed by atoms with van der Waals surface area (Å²) in [6.07, 6.45) is 6.59. The van der Waals surface area contributed by atoms with Gasteiger partial charge in [-0.2, -0.15) is 8.78 Å². The normalized spacial score (nSPS) is 19.9. The summed E-state index contributed by atoms with van der Waals surface area (Å²) in [6.45, 7) is 3.75. The van der Waals surface area contributed by atoms with Gasteiger partial charge in [0.1, 0.15) is 6.10 Å². The zero-order chi connectivity index (χ0) is 18.1. The van der Waals surface area contributed by atoms with Gasteiger partial charge in [0.05, 0.1) is 0 Å². The van der Waals surface area contributed by atoms with Gasteiger partial charge in [0.15, 0.2) is 0 Å². The lowest BCUT2D eigenvalue weighted by Gasteiger charge is -2.28. The average molecular weight is 348 g/mol. The zero-order valence-corrected chi connectivity index (χ0v) is 14.6. The molecule has 136 valence electrons. The first-order chi connectivity index (χ1) is 12.1. The SMILES string of the molecule is C=CCCc1ccc(C2CCC(OC(=O)CCC=C(F)F)CC2)cc1. The highest BCUT2D eigenvalue weighted by atomic mass is 19.3. The molecule has 0 N–H and O–H groups in total. The average Bonchev–Trinajstić information content (AvgIpc) is 2.61. The summed E-state index contributed by atoms with van der Waals surface area (Å²) in [7, 11) is 0. The molecule has 0 aliphatic heterocycles. The fourth-order valence-corrected chi connectivity index (χ4v) is 3.28. The molecule has 2 rings (SSSR count). The van der Waals surface area contributed by atoms with Gasteiger partial charge in [-0.3, -0.25) is 4.79 Å². The summed E-state index contributed by atoms with van der Waals surface area (Å²) in [5.41, 5.74) is 2.67. The van der Waals surface area contributed by atoms with E-state index in [0.717, 1.165) is 44.6 Å². The van der Waals surface area contributed by atoms with Gasteiger partial charge in [0.25, 0.3) is 6.08 Å². The number of rotatable bonds is 8. The van der Waals surface area contributed by atoms with Gasteiger partial charge in [-0.1, -0.05) is 30.3 Å². The molecule has 4 heteroatoms. The Balaban J connectivity index is 1.74. The third-order valence-electron chi connectivity index (χ3n) is 4.71. The van der Waals surface area contributed by atoms with E-state index in [9.17, 15) is 13.6 Å². The summed E-state index contributed by atoms with van der Waals surface area (Å²) in [5.74, 6) is 0.125. The van der Waals surface area contributed by atoms with Crippen LogP contribution in [0.2, 0.25) is 0 Å². The smallest absolute Gasteiger partial charge is 0.306 e. The van der Waals surface area contributed by atoms with E-state index in [2.05, 4.69) is 30.8 Å². The molecule has 1 saturated carbocycles. The van der Waals surface area contributed by atoms with Crippen LogP contribution in [0.4, 0.5) is 8.78 Å². The molecule has 0 bridgehead atoms. The molecule has 0 aromatic heterocycles. The van der Waals surface area contributed by atoms with Crippen molar-refractivity contribution in [3.8, 4) is 0 Å². The number of allylic oxidation sites excluding steroid dienone is 2. The van der Waals surface area contributed by atoms with Crippen LogP contribution in [0.1, 0.15) is 62.0 Å². The molecule has 25 heavy (non-hydrogen) atoms. The highest BCUT2D eigenvalue weighted by Crippen LogP contribution is 2.34. The van der Waals surface area contributed by atoms with Gasteiger partial charge in [-0.25, -0.2) is 0 Å². The van der Waals surface area contributed by atoms with Crippen LogP contribution in [0.15, 0.2) is 49.1 Å². The summed E-state index contributed by atoms with van der Waals surface area (Å²) in [4.78, 5) is 11.7. The lowest BCUT2D eigenvalue weighted by molar-refractivity contribution is -0.150. The third kappa shape index (κ3) is 6.81. The van der Waals surface area contributed by atoms with Gasteiger partial charge in [0, 0.05) is 6.42 Å². The van der Waals surface area contributed by atoms with Crippen LogP contribution in [-0.4, -0.2) is 12.1 Å². The Morgan fingerprint density at radius 2 is 1.80 bits per heavy atom. The monoisotopic (exact) mass is 348 g/mol. The largest absolute Gasteiger partial charge is 0.462 e. The predicted octanol–water partition coefficient (Wildman–Crippen LogP) is 5.94. The number of carbonyl (C=O) groups is 1. The minimum absolute atomic E-state index is 0.0173. The summed E-state index contributed by atoms with van der Waals surface area (Å²) in [5, 5.41) is 0. The Labute approximate surface area is 148 Å². The summed E-state index contributed by atoms with van der Waals surface area (Å²) < 4.78 is 29.3. The molecule has 1 aliphatic rings. The number of carbonyl (C=O) groups excluding carboxylic acids is 1. The first-order valence-electron chi connectivity index (χ1n) is 8.99. The minimum Gasteiger partial charge on any atom is -0.462 e. The topological polar surface area (TPSA) is 26.3 Å². The highest BCUT2D eigenvalue weighted by molar-refractivity contribution is 5.69. The second-order valence-corrected chi connectivity index (χ2v) is 6.56. The van der Waals surface area contributed by atoms with E-state index < -0.39 is 6.08 Å². The van der Waals surface area contributed by atoms with Crippen LogP contribution in [0, 0.1) is 0 Å². The van der Waals surface area contributed by atoms with Crippen molar-refractivity contribution in [1.82, 2.24) is 0 Å². The van der Waals surface area contributed by atoms with Gasteiger partial charge >= 0.3 is 5.97 Å². The molecule has 1 aromatic rings. The van der Waals surface area contributed by atoms with Crippen molar-refractivity contribution in [3.63, 3.8) is 0 Å². The molecule has 0 radical (unpaired) electrons. The molecule has 0 heterocycles. The van der Waals surface area contributed by atoms with E-state index in [-0.39, 0.29) is 24.9 Å². The Kier molecular flexibility index (Phi) is 7.83. The van der Waals surface area contributed by atoms with Gasteiger partial charge in [0.2, 0.25) is 0 Å². The van der Waals surface area contributed by atoms with Crippen LogP contribution in [0.5, 0.6) is 0 Å². The van der Waals surface area contributed by atoms with Gasteiger partial charge in [-0.15, -0.1) is 6.58 Å². The van der Waals surface area contributed by atoms with Crippen molar-refractivity contribution in [2.24, 2.45) is 0 Å². The summed E-state index contributed by atoms with van der Waals surface area (Å²) in [6, 6.07) is 8.77. The van der Waals surface area contributed by atoms with Crippen LogP contribution in [0.25, 0.3) is 0 Å². The fraction of sp³-hybridized carbons (Fsp3) is 0.476.